The smallest absolute Gasteiger partial charge is 0.267 e. The number of rotatable bonds is 3. The molecule has 0 fully saturated rings. The first kappa shape index (κ1) is 12.0. The van der Waals surface area contributed by atoms with Gasteiger partial charge in [0.15, 0.2) is 5.75 Å². The lowest BCUT2D eigenvalue weighted by molar-refractivity contribution is 0.0995. The highest BCUT2D eigenvalue weighted by Gasteiger charge is 2.07. The lowest BCUT2D eigenvalue weighted by Gasteiger charge is -2.07. The Morgan fingerprint density at radius 1 is 1.17 bits per heavy atom. The van der Waals surface area contributed by atoms with Gasteiger partial charge in [-0.05, 0) is 13.8 Å². The normalized spacial score (nSPS) is 10.1. The van der Waals surface area contributed by atoms with E-state index in [0.29, 0.717) is 23.0 Å². The van der Waals surface area contributed by atoms with Crippen molar-refractivity contribution in [1.29, 1.82) is 0 Å². The number of carbonyl (C=O) groups excluding carboxylic acids is 1. The number of primary amides is 1. The molecule has 0 unspecified atom stereocenters. The summed E-state index contributed by atoms with van der Waals surface area (Å²) in [4.78, 5) is 23.1. The number of hydrogen-bond acceptors (Lipinski definition) is 5. The van der Waals surface area contributed by atoms with Crippen LogP contribution < -0.4 is 10.5 Å². The molecule has 1 amide bonds. The first-order valence-electron chi connectivity index (χ1n) is 5.29. The summed E-state index contributed by atoms with van der Waals surface area (Å²) in [5.41, 5.74) is 6.00. The van der Waals surface area contributed by atoms with Crippen LogP contribution in [0.4, 0.5) is 0 Å². The molecule has 2 rings (SSSR count). The van der Waals surface area contributed by atoms with E-state index < -0.39 is 5.91 Å². The van der Waals surface area contributed by atoms with Gasteiger partial charge in [-0.3, -0.25) is 4.79 Å². The van der Waals surface area contributed by atoms with Gasteiger partial charge in [-0.25, -0.2) is 15.0 Å². The summed E-state index contributed by atoms with van der Waals surface area (Å²) < 4.78 is 5.53. The van der Waals surface area contributed by atoms with Gasteiger partial charge in [0.1, 0.15) is 17.3 Å². The van der Waals surface area contributed by atoms with Gasteiger partial charge >= 0.3 is 0 Å². The van der Waals surface area contributed by atoms with Gasteiger partial charge in [0.2, 0.25) is 0 Å². The molecule has 2 N–H and O–H groups in total. The summed E-state index contributed by atoms with van der Waals surface area (Å²) in [6, 6.07) is 3.18. The van der Waals surface area contributed by atoms with E-state index in [1.807, 2.05) is 0 Å². The summed E-state index contributed by atoms with van der Waals surface area (Å²) >= 11 is 0. The van der Waals surface area contributed by atoms with E-state index in [1.165, 1.54) is 6.07 Å². The first-order chi connectivity index (χ1) is 8.54. The van der Waals surface area contributed by atoms with Crippen LogP contribution in [-0.4, -0.2) is 20.9 Å². The van der Waals surface area contributed by atoms with Crippen molar-refractivity contribution in [3.8, 4) is 11.5 Å². The molecule has 0 atom stereocenters. The highest BCUT2D eigenvalue weighted by atomic mass is 16.5. The number of nitrogens with two attached hydrogens (primary N) is 1. The molecule has 0 radical (unpaired) electrons. The van der Waals surface area contributed by atoms with E-state index in [-0.39, 0.29) is 5.69 Å². The van der Waals surface area contributed by atoms with Crippen LogP contribution in [0.2, 0.25) is 0 Å². The third-order valence-electron chi connectivity index (χ3n) is 2.17. The van der Waals surface area contributed by atoms with E-state index in [1.54, 1.807) is 32.3 Å². The lowest BCUT2D eigenvalue weighted by Crippen LogP contribution is -2.13. The summed E-state index contributed by atoms with van der Waals surface area (Å²) in [6.45, 7) is 3.54. The summed E-state index contributed by atoms with van der Waals surface area (Å²) in [7, 11) is 0. The average molecular weight is 244 g/mol. The standard InChI is InChI=1S/C12H12N4O2/c1-7-3-9(4-11(16-7)12(13)17)18-10-5-14-8(2)15-6-10/h3-6H,1-2H3,(H2,13,17). The zero-order valence-electron chi connectivity index (χ0n) is 10.0. The van der Waals surface area contributed by atoms with E-state index >= 15 is 0 Å². The molecule has 2 aromatic heterocycles. The minimum absolute atomic E-state index is 0.165. The molecule has 92 valence electrons. The monoisotopic (exact) mass is 244 g/mol. The molecule has 0 spiro atoms. The Kier molecular flexibility index (Phi) is 3.18. The van der Waals surface area contributed by atoms with Crippen molar-refractivity contribution in [3.05, 3.63) is 41.7 Å². The second-order valence-corrected chi connectivity index (χ2v) is 3.76. The molecule has 18 heavy (non-hydrogen) atoms. The van der Waals surface area contributed by atoms with Crippen molar-refractivity contribution >= 4 is 5.91 Å². The summed E-state index contributed by atoms with van der Waals surface area (Å²) in [5.74, 6) is 1.03. The minimum atomic E-state index is -0.594. The van der Waals surface area contributed by atoms with E-state index in [9.17, 15) is 4.79 Å². The van der Waals surface area contributed by atoms with E-state index in [2.05, 4.69) is 15.0 Å². The van der Waals surface area contributed by atoms with E-state index in [0.717, 1.165) is 0 Å². The molecule has 2 heterocycles. The van der Waals surface area contributed by atoms with Crippen LogP contribution in [0, 0.1) is 13.8 Å². The largest absolute Gasteiger partial charge is 0.454 e. The Balaban J connectivity index is 2.28. The molecule has 0 saturated carbocycles. The number of pyridine rings is 1. The molecule has 2 aromatic rings. The van der Waals surface area contributed by atoms with Crippen LogP contribution in [0.25, 0.3) is 0 Å². The molecule has 0 aliphatic heterocycles. The molecule has 0 aliphatic carbocycles. The third-order valence-corrected chi connectivity index (χ3v) is 2.17. The van der Waals surface area contributed by atoms with Gasteiger partial charge in [-0.1, -0.05) is 0 Å². The first-order valence-corrected chi connectivity index (χ1v) is 5.29. The van der Waals surface area contributed by atoms with Crippen molar-refractivity contribution in [2.24, 2.45) is 5.73 Å². The van der Waals surface area contributed by atoms with Crippen LogP contribution in [0.3, 0.4) is 0 Å². The van der Waals surface area contributed by atoms with Crippen LogP contribution in [0.5, 0.6) is 11.5 Å². The van der Waals surface area contributed by atoms with Crippen molar-refractivity contribution in [3.63, 3.8) is 0 Å². The maximum Gasteiger partial charge on any atom is 0.267 e. The number of ether oxygens (including phenoxy) is 1. The van der Waals surface area contributed by atoms with Crippen LogP contribution >= 0.6 is 0 Å². The zero-order chi connectivity index (χ0) is 13.1. The maximum absolute atomic E-state index is 11.1. The number of carbonyl (C=O) groups is 1. The predicted molar refractivity (Wildman–Crippen MR) is 64.3 cm³/mol. The average Bonchev–Trinajstić information content (AvgIpc) is 2.31. The minimum Gasteiger partial charge on any atom is -0.454 e. The second kappa shape index (κ2) is 4.79. The zero-order valence-corrected chi connectivity index (χ0v) is 10.0. The quantitative estimate of drug-likeness (QED) is 0.880. The Morgan fingerprint density at radius 2 is 1.83 bits per heavy atom. The van der Waals surface area contributed by atoms with Gasteiger partial charge in [-0.2, -0.15) is 0 Å². The molecule has 0 aliphatic rings. The lowest BCUT2D eigenvalue weighted by atomic mass is 10.3. The number of nitrogens with zero attached hydrogens (tertiary/aromatic N) is 3. The Labute approximate surface area is 104 Å². The van der Waals surface area contributed by atoms with Gasteiger partial charge in [0, 0.05) is 17.8 Å². The van der Waals surface area contributed by atoms with Crippen molar-refractivity contribution in [1.82, 2.24) is 15.0 Å². The molecular weight excluding hydrogens is 232 g/mol. The Bertz CT molecular complexity index is 581. The number of hydrogen-bond donors (Lipinski definition) is 1. The van der Waals surface area contributed by atoms with Crippen LogP contribution in [0.15, 0.2) is 24.5 Å². The molecule has 0 saturated heterocycles. The molecular formula is C12H12N4O2. The van der Waals surface area contributed by atoms with Crippen LogP contribution in [0.1, 0.15) is 22.0 Å². The highest BCUT2D eigenvalue weighted by molar-refractivity contribution is 5.91. The SMILES string of the molecule is Cc1cc(Oc2cnc(C)nc2)cc(C(N)=O)n1. The Morgan fingerprint density at radius 3 is 2.44 bits per heavy atom. The molecule has 0 bridgehead atoms. The number of aromatic nitrogens is 3. The van der Waals surface area contributed by atoms with Crippen molar-refractivity contribution in [2.75, 3.05) is 0 Å². The third kappa shape index (κ3) is 2.79. The highest BCUT2D eigenvalue weighted by Crippen LogP contribution is 2.21. The fraction of sp³-hybridized carbons (Fsp3) is 0.167. The topological polar surface area (TPSA) is 91.0 Å². The molecule has 6 nitrogen and oxygen atoms in total. The number of aryl methyl sites for hydroxylation is 2. The fourth-order valence-corrected chi connectivity index (χ4v) is 1.39. The summed E-state index contributed by atoms with van der Waals surface area (Å²) in [5, 5.41) is 0. The van der Waals surface area contributed by atoms with Crippen LogP contribution in [-0.2, 0) is 0 Å². The second-order valence-electron chi connectivity index (χ2n) is 3.76. The van der Waals surface area contributed by atoms with Crippen molar-refractivity contribution in [2.45, 2.75) is 13.8 Å². The van der Waals surface area contributed by atoms with Crippen molar-refractivity contribution < 1.29 is 9.53 Å². The van der Waals surface area contributed by atoms with Gasteiger partial charge in [0.25, 0.3) is 5.91 Å². The predicted octanol–water partition coefficient (Wildman–Crippen LogP) is 1.38. The maximum atomic E-state index is 11.1. The molecule has 0 aromatic carbocycles. The summed E-state index contributed by atoms with van der Waals surface area (Å²) in [6.07, 6.45) is 3.12. The van der Waals surface area contributed by atoms with Gasteiger partial charge < -0.3 is 10.5 Å². The van der Waals surface area contributed by atoms with Gasteiger partial charge in [-0.15, -0.1) is 0 Å². The Hall–Kier alpha value is -2.50. The van der Waals surface area contributed by atoms with Gasteiger partial charge in [0.05, 0.1) is 12.4 Å². The molecule has 6 heteroatoms. The number of amides is 1. The van der Waals surface area contributed by atoms with E-state index in [4.69, 9.17) is 10.5 Å². The fourth-order valence-electron chi connectivity index (χ4n) is 1.39.